The molecule has 1 unspecified atom stereocenters. The monoisotopic (exact) mass is 426 g/mol. The van der Waals surface area contributed by atoms with Crippen molar-refractivity contribution >= 4 is 22.9 Å². The summed E-state index contributed by atoms with van der Waals surface area (Å²) in [7, 11) is 0. The number of benzene rings is 3. The van der Waals surface area contributed by atoms with Crippen LogP contribution in [0.2, 0.25) is 0 Å². The van der Waals surface area contributed by atoms with E-state index < -0.39 is 6.10 Å². The van der Waals surface area contributed by atoms with Crippen molar-refractivity contribution in [3.63, 3.8) is 0 Å². The van der Waals surface area contributed by atoms with Crippen molar-refractivity contribution in [3.05, 3.63) is 89.3 Å². The third-order valence-corrected chi connectivity index (χ3v) is 6.34. The number of amides is 1. The van der Waals surface area contributed by atoms with E-state index in [-0.39, 0.29) is 5.91 Å². The molecular weight excluding hydrogens is 404 g/mol. The Bertz CT molecular complexity index is 1230. The number of carbonyl (C=O) groups is 1. The highest BCUT2D eigenvalue weighted by Gasteiger charge is 2.32. The highest BCUT2D eigenvalue weighted by Crippen LogP contribution is 2.39. The number of anilines is 1. The molecule has 2 heterocycles. The molecule has 1 aliphatic heterocycles. The van der Waals surface area contributed by atoms with Crippen molar-refractivity contribution in [2.45, 2.75) is 26.5 Å². The molecule has 5 rings (SSSR count). The van der Waals surface area contributed by atoms with Crippen LogP contribution in [-0.4, -0.2) is 17.0 Å². The first-order valence-corrected chi connectivity index (χ1v) is 11.2. The molecule has 0 saturated carbocycles. The Morgan fingerprint density at radius 1 is 1.00 bits per heavy atom. The van der Waals surface area contributed by atoms with Crippen LogP contribution in [-0.2, 0) is 11.3 Å². The maximum atomic E-state index is 13.0. The van der Waals surface area contributed by atoms with E-state index in [0.29, 0.717) is 6.54 Å². The minimum Gasteiger partial charge on any atom is -0.479 e. The van der Waals surface area contributed by atoms with Gasteiger partial charge in [-0.25, -0.2) is 4.98 Å². The second-order valence-corrected chi connectivity index (χ2v) is 8.61. The molecule has 0 aliphatic carbocycles. The fraction of sp³-hybridized carbons (Fsp3) is 0.154. The zero-order valence-corrected chi connectivity index (χ0v) is 18.2. The molecule has 5 heteroatoms. The number of rotatable bonds is 4. The molecule has 0 saturated heterocycles. The quantitative estimate of drug-likeness (QED) is 0.396. The molecule has 154 valence electrons. The first kappa shape index (κ1) is 19.5. The van der Waals surface area contributed by atoms with Gasteiger partial charge in [-0.05, 0) is 37.6 Å². The summed E-state index contributed by atoms with van der Waals surface area (Å²) >= 11 is 1.62. The highest BCUT2D eigenvalue weighted by molar-refractivity contribution is 7.13. The van der Waals surface area contributed by atoms with Crippen molar-refractivity contribution in [2.24, 2.45) is 0 Å². The summed E-state index contributed by atoms with van der Waals surface area (Å²) in [5.41, 5.74) is 6.04. The van der Waals surface area contributed by atoms with Crippen LogP contribution in [0.5, 0.6) is 5.75 Å². The van der Waals surface area contributed by atoms with Gasteiger partial charge < -0.3 is 9.64 Å². The van der Waals surface area contributed by atoms with Gasteiger partial charge in [0.25, 0.3) is 5.91 Å². The van der Waals surface area contributed by atoms with Crippen molar-refractivity contribution in [1.29, 1.82) is 0 Å². The highest BCUT2D eigenvalue weighted by atomic mass is 32.1. The van der Waals surface area contributed by atoms with Crippen LogP contribution in [0.4, 0.5) is 5.69 Å². The van der Waals surface area contributed by atoms with Gasteiger partial charge in [-0.15, -0.1) is 11.3 Å². The minimum atomic E-state index is -0.507. The number of aromatic nitrogens is 1. The van der Waals surface area contributed by atoms with E-state index in [1.165, 1.54) is 5.56 Å². The summed E-state index contributed by atoms with van der Waals surface area (Å²) in [4.78, 5) is 19.6. The van der Waals surface area contributed by atoms with Crippen LogP contribution in [0.25, 0.3) is 21.8 Å². The van der Waals surface area contributed by atoms with E-state index in [2.05, 4.69) is 48.7 Å². The number of fused-ring (bicyclic) bond motifs is 1. The van der Waals surface area contributed by atoms with Gasteiger partial charge in [-0.1, -0.05) is 60.2 Å². The first-order chi connectivity index (χ1) is 15.1. The van der Waals surface area contributed by atoms with Crippen LogP contribution in [0.15, 0.2) is 78.2 Å². The predicted octanol–water partition coefficient (Wildman–Crippen LogP) is 6.10. The van der Waals surface area contributed by atoms with Gasteiger partial charge in [0.1, 0.15) is 10.8 Å². The number of hydrogen-bond acceptors (Lipinski definition) is 4. The Morgan fingerprint density at radius 2 is 1.77 bits per heavy atom. The maximum absolute atomic E-state index is 13.0. The van der Waals surface area contributed by atoms with E-state index >= 15 is 0 Å². The van der Waals surface area contributed by atoms with Crippen molar-refractivity contribution in [3.8, 4) is 27.6 Å². The molecule has 0 spiro atoms. The molecule has 0 fully saturated rings. The van der Waals surface area contributed by atoms with Gasteiger partial charge in [0.05, 0.1) is 17.9 Å². The van der Waals surface area contributed by atoms with E-state index in [1.54, 1.807) is 18.3 Å². The number of thiazole rings is 1. The lowest BCUT2D eigenvalue weighted by atomic mass is 10.1. The molecule has 0 radical (unpaired) electrons. The largest absolute Gasteiger partial charge is 0.479 e. The second kappa shape index (κ2) is 8.00. The number of aryl methyl sites for hydroxylation is 1. The molecule has 4 nitrogen and oxygen atoms in total. The van der Waals surface area contributed by atoms with Crippen LogP contribution in [0.1, 0.15) is 18.1 Å². The summed E-state index contributed by atoms with van der Waals surface area (Å²) in [6.45, 7) is 4.37. The molecule has 31 heavy (non-hydrogen) atoms. The second-order valence-electron chi connectivity index (χ2n) is 7.76. The van der Waals surface area contributed by atoms with E-state index in [4.69, 9.17) is 9.72 Å². The van der Waals surface area contributed by atoms with Crippen molar-refractivity contribution < 1.29 is 9.53 Å². The molecule has 0 N–H and O–H groups in total. The van der Waals surface area contributed by atoms with Gasteiger partial charge in [0.15, 0.2) is 6.10 Å². The van der Waals surface area contributed by atoms with E-state index in [0.717, 1.165) is 38.8 Å². The van der Waals surface area contributed by atoms with E-state index in [9.17, 15) is 4.79 Å². The first-order valence-electron chi connectivity index (χ1n) is 10.3. The summed E-state index contributed by atoms with van der Waals surface area (Å²) in [5, 5.41) is 3.04. The molecule has 1 atom stereocenters. The average molecular weight is 427 g/mol. The van der Waals surface area contributed by atoms with Gasteiger partial charge in [-0.2, -0.15) is 0 Å². The normalized spacial score (nSPS) is 15.5. The summed E-state index contributed by atoms with van der Waals surface area (Å²) in [6, 6.07) is 24.4. The number of nitrogens with zero attached hydrogens (tertiary/aromatic N) is 2. The molecular formula is C26H22N2O2S. The van der Waals surface area contributed by atoms with Crippen molar-refractivity contribution in [2.75, 3.05) is 4.90 Å². The lowest BCUT2D eigenvalue weighted by Gasteiger charge is -2.33. The smallest absolute Gasteiger partial charge is 0.268 e. The number of hydrogen-bond donors (Lipinski definition) is 0. The molecule has 3 aromatic carbocycles. The molecule has 4 aromatic rings. The van der Waals surface area contributed by atoms with E-state index in [1.807, 2.05) is 41.3 Å². The Kier molecular flexibility index (Phi) is 5.04. The number of carbonyl (C=O) groups excluding carboxylic acids is 1. The summed E-state index contributed by atoms with van der Waals surface area (Å²) < 4.78 is 5.89. The zero-order valence-electron chi connectivity index (χ0n) is 17.4. The molecule has 0 bridgehead atoms. The lowest BCUT2D eigenvalue weighted by Crippen LogP contribution is -2.44. The Hall–Kier alpha value is -3.44. The Morgan fingerprint density at radius 3 is 2.55 bits per heavy atom. The predicted molar refractivity (Wildman–Crippen MR) is 125 cm³/mol. The van der Waals surface area contributed by atoms with Crippen LogP contribution < -0.4 is 9.64 Å². The zero-order chi connectivity index (χ0) is 21.4. The van der Waals surface area contributed by atoms with Gasteiger partial charge in [0.2, 0.25) is 0 Å². The summed E-state index contributed by atoms with van der Waals surface area (Å²) in [6.07, 6.45) is -0.507. The van der Waals surface area contributed by atoms with Crippen LogP contribution in [0.3, 0.4) is 0 Å². The number of ether oxygens (including phenoxy) is 1. The molecule has 1 amide bonds. The van der Waals surface area contributed by atoms with Crippen molar-refractivity contribution in [1.82, 2.24) is 4.98 Å². The fourth-order valence-corrected chi connectivity index (χ4v) is 4.56. The topological polar surface area (TPSA) is 42.4 Å². The third kappa shape index (κ3) is 3.84. The van der Waals surface area contributed by atoms with Crippen LogP contribution in [0, 0.1) is 6.92 Å². The molecule has 1 aliphatic rings. The minimum absolute atomic E-state index is 0.0338. The Labute approximate surface area is 185 Å². The lowest BCUT2D eigenvalue weighted by molar-refractivity contribution is -0.125. The summed E-state index contributed by atoms with van der Waals surface area (Å²) in [5.74, 6) is 0.690. The van der Waals surface area contributed by atoms with Gasteiger partial charge in [0, 0.05) is 16.5 Å². The van der Waals surface area contributed by atoms with Gasteiger partial charge in [-0.3, -0.25) is 4.79 Å². The Balaban J connectivity index is 1.51. The maximum Gasteiger partial charge on any atom is 0.268 e. The standard InChI is InChI=1S/C26H22N2O2S/c1-17-8-10-19(11-9-17)15-28-23-14-21(12-13-24(23)30-18(2)26(28)29)22-16-31-25(27-22)20-6-4-3-5-7-20/h3-14,16,18H,15H2,1-2H3. The third-order valence-electron chi connectivity index (χ3n) is 5.45. The SMILES string of the molecule is Cc1ccc(CN2C(=O)C(C)Oc3ccc(-c4csc(-c5ccccc5)n4)cc32)cc1. The van der Waals surface area contributed by atoms with Gasteiger partial charge >= 0.3 is 0 Å². The average Bonchev–Trinajstić information content (AvgIpc) is 3.29. The van der Waals surface area contributed by atoms with Crippen LogP contribution >= 0.6 is 11.3 Å². The fourth-order valence-electron chi connectivity index (χ4n) is 3.73. The molecule has 1 aromatic heterocycles.